The molecule has 0 saturated carbocycles. The fraction of sp³-hybridized carbons (Fsp3) is 0.500. The smallest absolute Gasteiger partial charge is 0.257 e. The molecule has 1 amide bonds. The van der Waals surface area contributed by atoms with E-state index in [1.54, 1.807) is 0 Å². The minimum absolute atomic E-state index is 0.0744. The van der Waals surface area contributed by atoms with E-state index in [9.17, 15) is 4.79 Å². The molecule has 100 valence electrons. The van der Waals surface area contributed by atoms with E-state index >= 15 is 0 Å². The molecule has 0 bridgehead atoms. The minimum atomic E-state index is -0.0747. The van der Waals surface area contributed by atoms with Crippen LogP contribution in [0.1, 0.15) is 12.0 Å². The number of carbonyl (C=O) groups is 1. The van der Waals surface area contributed by atoms with E-state index in [2.05, 4.69) is 10.2 Å². The minimum Gasteiger partial charge on any atom is -0.484 e. The third kappa shape index (κ3) is 6.25. The van der Waals surface area contributed by atoms with Crippen LogP contribution in [0.15, 0.2) is 24.3 Å². The van der Waals surface area contributed by atoms with Gasteiger partial charge in [-0.25, -0.2) is 0 Å². The van der Waals surface area contributed by atoms with Gasteiger partial charge in [0.25, 0.3) is 5.91 Å². The molecule has 1 N–H and O–H groups in total. The molecule has 1 rings (SSSR count). The second kappa shape index (κ2) is 7.71. The molecule has 4 heteroatoms. The Hall–Kier alpha value is -1.55. The normalized spacial score (nSPS) is 10.4. The maximum Gasteiger partial charge on any atom is 0.257 e. The molecule has 0 unspecified atom stereocenters. The van der Waals surface area contributed by atoms with Gasteiger partial charge < -0.3 is 15.0 Å². The Morgan fingerprint density at radius 3 is 2.56 bits per heavy atom. The molecular weight excluding hydrogens is 228 g/mol. The molecule has 0 fully saturated rings. The average molecular weight is 250 g/mol. The van der Waals surface area contributed by atoms with Crippen LogP contribution in [-0.2, 0) is 4.79 Å². The summed E-state index contributed by atoms with van der Waals surface area (Å²) in [5, 5.41) is 2.83. The number of rotatable bonds is 7. The summed E-state index contributed by atoms with van der Waals surface area (Å²) in [6.07, 6.45) is 0.948. The van der Waals surface area contributed by atoms with Crippen molar-refractivity contribution in [2.24, 2.45) is 0 Å². The largest absolute Gasteiger partial charge is 0.484 e. The van der Waals surface area contributed by atoms with Crippen LogP contribution in [-0.4, -0.2) is 44.6 Å². The van der Waals surface area contributed by atoms with Gasteiger partial charge in [-0.3, -0.25) is 4.79 Å². The Labute approximate surface area is 109 Å². The van der Waals surface area contributed by atoms with Crippen LogP contribution in [0.3, 0.4) is 0 Å². The first-order valence-electron chi connectivity index (χ1n) is 6.19. The third-order valence-electron chi connectivity index (χ3n) is 2.50. The Bertz CT molecular complexity index is 361. The summed E-state index contributed by atoms with van der Waals surface area (Å²) >= 11 is 0. The van der Waals surface area contributed by atoms with E-state index in [0.29, 0.717) is 6.54 Å². The van der Waals surface area contributed by atoms with Gasteiger partial charge in [0.2, 0.25) is 0 Å². The van der Waals surface area contributed by atoms with Gasteiger partial charge in [0, 0.05) is 6.54 Å². The summed E-state index contributed by atoms with van der Waals surface area (Å²) in [5.41, 5.74) is 1.18. The molecule has 0 spiro atoms. The maximum atomic E-state index is 11.5. The molecule has 0 aliphatic rings. The first-order chi connectivity index (χ1) is 8.58. The van der Waals surface area contributed by atoms with E-state index < -0.39 is 0 Å². The standard InChI is InChI=1S/C14H22N2O2/c1-12-5-7-13(8-6-12)18-11-14(17)15-9-4-10-16(2)3/h5-8H,4,9-11H2,1-3H3,(H,15,17). The van der Waals surface area contributed by atoms with Crippen molar-refractivity contribution < 1.29 is 9.53 Å². The van der Waals surface area contributed by atoms with Crippen LogP contribution in [0.2, 0.25) is 0 Å². The molecular formula is C14H22N2O2. The topological polar surface area (TPSA) is 41.6 Å². The van der Waals surface area contributed by atoms with Gasteiger partial charge in [-0.05, 0) is 46.1 Å². The lowest BCUT2D eigenvalue weighted by Crippen LogP contribution is -2.31. The summed E-state index contributed by atoms with van der Waals surface area (Å²) in [5.74, 6) is 0.651. The Morgan fingerprint density at radius 1 is 1.28 bits per heavy atom. The zero-order chi connectivity index (χ0) is 13.4. The predicted molar refractivity (Wildman–Crippen MR) is 72.9 cm³/mol. The molecule has 0 saturated heterocycles. The highest BCUT2D eigenvalue weighted by atomic mass is 16.5. The van der Waals surface area contributed by atoms with Crippen molar-refractivity contribution in [1.82, 2.24) is 10.2 Å². The summed E-state index contributed by atoms with van der Waals surface area (Å²) in [4.78, 5) is 13.6. The van der Waals surface area contributed by atoms with Crippen LogP contribution in [0.25, 0.3) is 0 Å². The van der Waals surface area contributed by atoms with Crippen molar-refractivity contribution in [2.75, 3.05) is 33.8 Å². The number of hydrogen-bond donors (Lipinski definition) is 1. The van der Waals surface area contributed by atoms with Gasteiger partial charge in [-0.15, -0.1) is 0 Å². The van der Waals surface area contributed by atoms with E-state index in [-0.39, 0.29) is 12.5 Å². The number of hydrogen-bond acceptors (Lipinski definition) is 3. The number of benzene rings is 1. The van der Waals surface area contributed by atoms with Crippen molar-refractivity contribution in [3.63, 3.8) is 0 Å². The lowest BCUT2D eigenvalue weighted by molar-refractivity contribution is -0.123. The van der Waals surface area contributed by atoms with Crippen LogP contribution in [0, 0.1) is 6.92 Å². The zero-order valence-corrected chi connectivity index (χ0v) is 11.4. The predicted octanol–water partition coefficient (Wildman–Crippen LogP) is 1.44. The molecule has 0 aliphatic heterocycles. The van der Waals surface area contributed by atoms with E-state index in [1.807, 2.05) is 45.3 Å². The van der Waals surface area contributed by atoms with Crippen molar-refractivity contribution in [3.05, 3.63) is 29.8 Å². The molecule has 0 heterocycles. The average Bonchev–Trinajstić information content (AvgIpc) is 2.34. The summed E-state index contributed by atoms with van der Waals surface area (Å²) in [6.45, 7) is 3.75. The van der Waals surface area contributed by atoms with Gasteiger partial charge in [0.15, 0.2) is 6.61 Å². The van der Waals surface area contributed by atoms with Crippen LogP contribution in [0.5, 0.6) is 5.75 Å². The maximum absolute atomic E-state index is 11.5. The SMILES string of the molecule is Cc1ccc(OCC(=O)NCCCN(C)C)cc1. The molecule has 4 nitrogen and oxygen atoms in total. The van der Waals surface area contributed by atoms with Crippen molar-refractivity contribution >= 4 is 5.91 Å². The molecule has 1 aromatic rings. The van der Waals surface area contributed by atoms with Gasteiger partial charge in [-0.2, -0.15) is 0 Å². The van der Waals surface area contributed by atoms with Crippen molar-refractivity contribution in [2.45, 2.75) is 13.3 Å². The van der Waals surface area contributed by atoms with Crippen LogP contribution >= 0.6 is 0 Å². The monoisotopic (exact) mass is 250 g/mol. The van der Waals surface area contributed by atoms with Gasteiger partial charge in [0.05, 0.1) is 0 Å². The van der Waals surface area contributed by atoms with Gasteiger partial charge in [-0.1, -0.05) is 17.7 Å². The third-order valence-corrected chi connectivity index (χ3v) is 2.50. The van der Waals surface area contributed by atoms with E-state index in [4.69, 9.17) is 4.74 Å². The fourth-order valence-electron chi connectivity index (χ4n) is 1.46. The first-order valence-corrected chi connectivity index (χ1v) is 6.19. The van der Waals surface area contributed by atoms with Gasteiger partial charge >= 0.3 is 0 Å². The van der Waals surface area contributed by atoms with Crippen LogP contribution in [0.4, 0.5) is 0 Å². The Balaban J connectivity index is 2.15. The summed E-state index contributed by atoms with van der Waals surface area (Å²) in [6, 6.07) is 7.66. The number of amides is 1. The summed E-state index contributed by atoms with van der Waals surface area (Å²) in [7, 11) is 4.03. The second-order valence-electron chi connectivity index (χ2n) is 4.61. The number of carbonyl (C=O) groups excluding carboxylic acids is 1. The molecule has 0 aliphatic carbocycles. The number of nitrogens with zero attached hydrogens (tertiary/aromatic N) is 1. The molecule has 0 atom stereocenters. The highest BCUT2D eigenvalue weighted by molar-refractivity contribution is 5.77. The molecule has 1 aromatic carbocycles. The Morgan fingerprint density at radius 2 is 1.94 bits per heavy atom. The fourth-order valence-corrected chi connectivity index (χ4v) is 1.46. The molecule has 0 aromatic heterocycles. The van der Waals surface area contributed by atoms with Crippen molar-refractivity contribution in [3.8, 4) is 5.75 Å². The highest BCUT2D eigenvalue weighted by Crippen LogP contribution is 2.10. The van der Waals surface area contributed by atoms with Crippen molar-refractivity contribution in [1.29, 1.82) is 0 Å². The van der Waals surface area contributed by atoms with Crippen LogP contribution < -0.4 is 10.1 Å². The quantitative estimate of drug-likeness (QED) is 0.745. The van der Waals surface area contributed by atoms with E-state index in [0.717, 1.165) is 18.7 Å². The molecule has 0 radical (unpaired) electrons. The number of aryl methyl sites for hydroxylation is 1. The van der Waals surface area contributed by atoms with Gasteiger partial charge in [0.1, 0.15) is 5.75 Å². The lowest BCUT2D eigenvalue weighted by Gasteiger charge is -2.10. The zero-order valence-electron chi connectivity index (χ0n) is 11.4. The number of nitrogens with one attached hydrogen (secondary N) is 1. The highest BCUT2D eigenvalue weighted by Gasteiger charge is 2.02. The first kappa shape index (κ1) is 14.5. The van der Waals surface area contributed by atoms with E-state index in [1.165, 1.54) is 5.56 Å². The summed E-state index contributed by atoms with van der Waals surface area (Å²) < 4.78 is 5.38. The Kier molecular flexibility index (Phi) is 6.22. The second-order valence-corrected chi connectivity index (χ2v) is 4.61. The lowest BCUT2D eigenvalue weighted by atomic mass is 10.2. The number of ether oxygens (including phenoxy) is 1. The molecule has 18 heavy (non-hydrogen) atoms.